The standard InChI is InChI=1S/C22H16ClN3O5/c1-12-15(4-3-5-18(12)26(28)29)21(27)24-14-7-9-20-17(11-14)25-22(31-20)13-6-8-19(30-2)16(23)10-13/h3-11H,1-2H3,(H,24,27). The fourth-order valence-corrected chi connectivity index (χ4v) is 3.45. The van der Waals surface area contributed by atoms with Crippen molar-refractivity contribution in [2.45, 2.75) is 6.92 Å². The molecule has 1 heterocycles. The van der Waals surface area contributed by atoms with Crippen LogP contribution in [0.3, 0.4) is 0 Å². The number of oxazole rings is 1. The third-order valence-corrected chi connectivity index (χ3v) is 5.09. The number of amides is 1. The molecule has 0 aliphatic carbocycles. The predicted octanol–water partition coefficient (Wildman–Crippen LogP) is 5.63. The van der Waals surface area contributed by atoms with Crippen LogP contribution in [-0.4, -0.2) is 22.9 Å². The molecule has 0 saturated carbocycles. The first-order valence-corrected chi connectivity index (χ1v) is 9.55. The predicted molar refractivity (Wildman–Crippen MR) is 117 cm³/mol. The average Bonchev–Trinajstić information content (AvgIpc) is 3.17. The number of rotatable bonds is 5. The first kappa shape index (κ1) is 20.4. The smallest absolute Gasteiger partial charge is 0.273 e. The number of carbonyl (C=O) groups is 1. The second-order valence-electron chi connectivity index (χ2n) is 6.71. The molecule has 0 radical (unpaired) electrons. The number of hydrogen-bond donors (Lipinski definition) is 1. The van der Waals surface area contributed by atoms with Crippen molar-refractivity contribution >= 4 is 40.0 Å². The normalized spacial score (nSPS) is 10.8. The van der Waals surface area contributed by atoms with Gasteiger partial charge in [0.2, 0.25) is 5.89 Å². The van der Waals surface area contributed by atoms with Gasteiger partial charge in [0.05, 0.1) is 17.1 Å². The highest BCUT2D eigenvalue weighted by atomic mass is 35.5. The number of methoxy groups -OCH3 is 1. The van der Waals surface area contributed by atoms with Gasteiger partial charge in [0, 0.05) is 28.4 Å². The molecule has 0 unspecified atom stereocenters. The molecular weight excluding hydrogens is 422 g/mol. The lowest BCUT2D eigenvalue weighted by Crippen LogP contribution is -2.14. The molecule has 0 fully saturated rings. The Kier molecular flexibility index (Phi) is 5.31. The second kappa shape index (κ2) is 8.08. The molecule has 0 spiro atoms. The number of hydrogen-bond acceptors (Lipinski definition) is 6. The number of benzene rings is 3. The summed E-state index contributed by atoms with van der Waals surface area (Å²) in [6, 6.07) is 14.6. The van der Waals surface area contributed by atoms with E-state index in [9.17, 15) is 14.9 Å². The van der Waals surface area contributed by atoms with Crippen molar-refractivity contribution < 1.29 is 18.9 Å². The minimum Gasteiger partial charge on any atom is -0.495 e. The Bertz CT molecular complexity index is 1330. The SMILES string of the molecule is COc1ccc(-c2nc3cc(NC(=O)c4cccc([N+](=O)[O-])c4C)ccc3o2)cc1Cl. The highest BCUT2D eigenvalue weighted by molar-refractivity contribution is 6.32. The van der Waals surface area contributed by atoms with Crippen molar-refractivity contribution in [3.05, 3.63) is 80.9 Å². The van der Waals surface area contributed by atoms with Gasteiger partial charge in [-0.25, -0.2) is 4.98 Å². The summed E-state index contributed by atoms with van der Waals surface area (Å²) in [6.07, 6.45) is 0. The molecule has 3 aromatic carbocycles. The van der Waals surface area contributed by atoms with Gasteiger partial charge >= 0.3 is 0 Å². The fraction of sp³-hybridized carbons (Fsp3) is 0.0909. The lowest BCUT2D eigenvalue weighted by molar-refractivity contribution is -0.385. The summed E-state index contributed by atoms with van der Waals surface area (Å²) in [5.41, 5.74) is 2.65. The Morgan fingerprint density at radius 1 is 1.19 bits per heavy atom. The third-order valence-electron chi connectivity index (χ3n) is 4.79. The number of nitro groups is 1. The lowest BCUT2D eigenvalue weighted by atomic mass is 10.1. The number of halogens is 1. The summed E-state index contributed by atoms with van der Waals surface area (Å²) in [4.78, 5) is 27.7. The van der Waals surface area contributed by atoms with Gasteiger partial charge in [-0.3, -0.25) is 14.9 Å². The van der Waals surface area contributed by atoms with Gasteiger partial charge in [-0.15, -0.1) is 0 Å². The highest BCUT2D eigenvalue weighted by Gasteiger charge is 2.18. The Morgan fingerprint density at radius 2 is 2.00 bits per heavy atom. The van der Waals surface area contributed by atoms with Crippen LogP contribution in [-0.2, 0) is 0 Å². The van der Waals surface area contributed by atoms with Gasteiger partial charge in [0.25, 0.3) is 11.6 Å². The molecule has 8 nitrogen and oxygen atoms in total. The lowest BCUT2D eigenvalue weighted by Gasteiger charge is -2.07. The fourth-order valence-electron chi connectivity index (χ4n) is 3.19. The molecule has 0 aliphatic rings. The molecule has 0 bridgehead atoms. The molecule has 1 N–H and O–H groups in total. The van der Waals surface area contributed by atoms with E-state index in [0.717, 1.165) is 0 Å². The van der Waals surface area contributed by atoms with Gasteiger partial charge in [-0.2, -0.15) is 0 Å². The maximum Gasteiger partial charge on any atom is 0.273 e. The Labute approximate surface area is 181 Å². The number of nitro benzene ring substituents is 1. The van der Waals surface area contributed by atoms with Crippen molar-refractivity contribution in [3.8, 4) is 17.2 Å². The summed E-state index contributed by atoms with van der Waals surface area (Å²) in [5, 5.41) is 14.3. The van der Waals surface area contributed by atoms with Crippen LogP contribution in [0.1, 0.15) is 15.9 Å². The minimum atomic E-state index is -0.513. The number of anilines is 1. The number of fused-ring (bicyclic) bond motifs is 1. The number of nitrogens with one attached hydrogen (secondary N) is 1. The maximum absolute atomic E-state index is 12.7. The van der Waals surface area contributed by atoms with Crippen LogP contribution >= 0.6 is 11.6 Å². The molecule has 1 amide bonds. The molecule has 0 saturated heterocycles. The van der Waals surface area contributed by atoms with Crippen LogP contribution in [0.25, 0.3) is 22.6 Å². The largest absolute Gasteiger partial charge is 0.495 e. The van der Waals surface area contributed by atoms with Crippen molar-refractivity contribution in [1.82, 2.24) is 4.98 Å². The number of ether oxygens (including phenoxy) is 1. The van der Waals surface area contributed by atoms with E-state index in [2.05, 4.69) is 10.3 Å². The van der Waals surface area contributed by atoms with E-state index in [0.29, 0.717) is 44.6 Å². The van der Waals surface area contributed by atoms with Gasteiger partial charge in [0.1, 0.15) is 11.3 Å². The monoisotopic (exact) mass is 437 g/mol. The number of carbonyl (C=O) groups excluding carboxylic acids is 1. The van der Waals surface area contributed by atoms with Gasteiger partial charge < -0.3 is 14.5 Å². The molecule has 9 heteroatoms. The third kappa shape index (κ3) is 3.93. The van der Waals surface area contributed by atoms with Crippen LogP contribution in [0.15, 0.2) is 59.0 Å². The topological polar surface area (TPSA) is 108 Å². The molecule has 4 aromatic rings. The van der Waals surface area contributed by atoms with E-state index in [1.54, 1.807) is 43.3 Å². The Balaban J connectivity index is 1.62. The number of aromatic nitrogens is 1. The van der Waals surface area contributed by atoms with E-state index >= 15 is 0 Å². The van der Waals surface area contributed by atoms with E-state index in [4.69, 9.17) is 20.8 Å². The molecule has 4 rings (SSSR count). The Morgan fingerprint density at radius 3 is 2.71 bits per heavy atom. The van der Waals surface area contributed by atoms with Crippen LogP contribution in [0.4, 0.5) is 11.4 Å². The van der Waals surface area contributed by atoms with Gasteiger partial charge in [-0.1, -0.05) is 17.7 Å². The molecule has 31 heavy (non-hydrogen) atoms. The van der Waals surface area contributed by atoms with E-state index in [1.165, 1.54) is 25.3 Å². The van der Waals surface area contributed by atoms with Crippen molar-refractivity contribution in [2.24, 2.45) is 0 Å². The molecular formula is C22H16ClN3O5. The summed E-state index contributed by atoms with van der Waals surface area (Å²) in [7, 11) is 1.53. The number of nitrogens with zero attached hydrogens (tertiary/aromatic N) is 2. The highest BCUT2D eigenvalue weighted by Crippen LogP contribution is 2.32. The molecule has 156 valence electrons. The van der Waals surface area contributed by atoms with Crippen molar-refractivity contribution in [3.63, 3.8) is 0 Å². The van der Waals surface area contributed by atoms with Gasteiger partial charge in [0.15, 0.2) is 5.58 Å². The van der Waals surface area contributed by atoms with Crippen molar-refractivity contribution in [1.29, 1.82) is 0 Å². The van der Waals surface area contributed by atoms with Crippen molar-refractivity contribution in [2.75, 3.05) is 12.4 Å². The first-order valence-electron chi connectivity index (χ1n) is 9.17. The first-order chi connectivity index (χ1) is 14.9. The zero-order valence-corrected chi connectivity index (χ0v) is 17.3. The average molecular weight is 438 g/mol. The summed E-state index contributed by atoms with van der Waals surface area (Å²) in [6.45, 7) is 1.54. The summed E-state index contributed by atoms with van der Waals surface area (Å²) in [5.74, 6) is 0.465. The maximum atomic E-state index is 12.7. The van der Waals surface area contributed by atoms with Crippen LogP contribution < -0.4 is 10.1 Å². The van der Waals surface area contributed by atoms with Gasteiger partial charge in [-0.05, 0) is 49.4 Å². The Hall–Kier alpha value is -3.91. The molecule has 0 aliphatic heterocycles. The van der Waals surface area contributed by atoms with Crippen LogP contribution in [0.2, 0.25) is 5.02 Å². The second-order valence-corrected chi connectivity index (χ2v) is 7.12. The van der Waals surface area contributed by atoms with Crippen LogP contribution in [0.5, 0.6) is 5.75 Å². The van der Waals surface area contributed by atoms with E-state index in [-0.39, 0.29) is 11.3 Å². The summed E-state index contributed by atoms with van der Waals surface area (Å²) < 4.78 is 10.9. The zero-order valence-electron chi connectivity index (χ0n) is 16.5. The van der Waals surface area contributed by atoms with E-state index in [1.807, 2.05) is 0 Å². The minimum absolute atomic E-state index is 0.109. The van der Waals surface area contributed by atoms with E-state index < -0.39 is 10.8 Å². The quantitative estimate of drug-likeness (QED) is 0.320. The zero-order chi connectivity index (χ0) is 22.1. The molecule has 0 atom stereocenters. The van der Waals surface area contributed by atoms with Crippen LogP contribution in [0, 0.1) is 17.0 Å². The molecule has 1 aromatic heterocycles. The summed E-state index contributed by atoms with van der Waals surface area (Å²) >= 11 is 6.18.